The molecule has 0 unspecified atom stereocenters. The van der Waals surface area contributed by atoms with Crippen molar-refractivity contribution in [2.45, 2.75) is 33.0 Å². The molecule has 0 aliphatic rings. The third-order valence-corrected chi connectivity index (χ3v) is 6.26. The van der Waals surface area contributed by atoms with Crippen molar-refractivity contribution in [3.63, 3.8) is 0 Å². The zero-order valence-corrected chi connectivity index (χ0v) is 19.8. The van der Waals surface area contributed by atoms with Gasteiger partial charge in [0.25, 0.3) is 5.91 Å². The van der Waals surface area contributed by atoms with Gasteiger partial charge < -0.3 is 9.80 Å². The Morgan fingerprint density at radius 1 is 0.968 bits per heavy atom. The summed E-state index contributed by atoms with van der Waals surface area (Å²) in [7, 11) is 0. The Hall–Kier alpha value is -2.34. The molecule has 3 aromatic rings. The van der Waals surface area contributed by atoms with Crippen LogP contribution in [0.15, 0.2) is 66.0 Å². The highest BCUT2D eigenvalue weighted by molar-refractivity contribution is 7.09. The molecule has 2 aromatic carbocycles. The van der Waals surface area contributed by atoms with Crippen LogP contribution in [0.1, 0.15) is 34.6 Å². The summed E-state index contributed by atoms with van der Waals surface area (Å²) in [6.45, 7) is 4.70. The van der Waals surface area contributed by atoms with E-state index in [1.807, 2.05) is 61.7 Å². The topological polar surface area (TPSA) is 40.6 Å². The third-order valence-electron chi connectivity index (χ3n) is 4.85. The van der Waals surface area contributed by atoms with Crippen molar-refractivity contribution in [1.82, 2.24) is 9.80 Å². The maximum absolute atomic E-state index is 13.3. The highest BCUT2D eigenvalue weighted by Crippen LogP contribution is 2.23. The Morgan fingerprint density at radius 3 is 2.32 bits per heavy atom. The van der Waals surface area contributed by atoms with Crippen LogP contribution < -0.4 is 0 Å². The Morgan fingerprint density at radius 2 is 1.71 bits per heavy atom. The molecule has 0 saturated carbocycles. The van der Waals surface area contributed by atoms with Crippen molar-refractivity contribution in [2.24, 2.45) is 0 Å². The molecule has 0 atom stereocenters. The normalized spacial score (nSPS) is 10.9. The van der Waals surface area contributed by atoms with E-state index in [0.717, 1.165) is 10.4 Å². The fourth-order valence-electron chi connectivity index (χ4n) is 3.18. The monoisotopic (exact) mass is 474 g/mol. The summed E-state index contributed by atoms with van der Waals surface area (Å²) in [4.78, 5) is 30.9. The number of amides is 2. The molecule has 0 N–H and O–H groups in total. The van der Waals surface area contributed by atoms with E-state index in [1.54, 1.807) is 33.3 Å². The second kappa shape index (κ2) is 10.8. The second-order valence-corrected chi connectivity index (χ2v) is 9.34. The van der Waals surface area contributed by atoms with Crippen LogP contribution in [-0.2, 0) is 17.9 Å². The summed E-state index contributed by atoms with van der Waals surface area (Å²) in [5.41, 5.74) is 1.37. The van der Waals surface area contributed by atoms with Crippen molar-refractivity contribution >= 4 is 46.4 Å². The largest absolute Gasteiger partial charge is 0.332 e. The zero-order chi connectivity index (χ0) is 22.4. The van der Waals surface area contributed by atoms with Crippen molar-refractivity contribution < 1.29 is 9.59 Å². The van der Waals surface area contributed by atoms with E-state index in [9.17, 15) is 9.59 Å². The van der Waals surface area contributed by atoms with E-state index < -0.39 is 0 Å². The number of hydrogen-bond donors (Lipinski definition) is 0. The van der Waals surface area contributed by atoms with Gasteiger partial charge in [0.2, 0.25) is 5.91 Å². The van der Waals surface area contributed by atoms with E-state index in [0.29, 0.717) is 23.7 Å². The molecule has 0 fully saturated rings. The van der Waals surface area contributed by atoms with Crippen LogP contribution in [0.2, 0.25) is 10.0 Å². The number of halogens is 2. The van der Waals surface area contributed by atoms with Gasteiger partial charge >= 0.3 is 0 Å². The predicted molar refractivity (Wildman–Crippen MR) is 128 cm³/mol. The van der Waals surface area contributed by atoms with E-state index in [4.69, 9.17) is 23.2 Å². The minimum absolute atomic E-state index is 0.0341. The van der Waals surface area contributed by atoms with Crippen LogP contribution in [0.5, 0.6) is 0 Å². The number of hydrogen-bond acceptors (Lipinski definition) is 3. The first-order chi connectivity index (χ1) is 14.8. The Labute approximate surface area is 197 Å². The molecule has 1 heterocycles. The molecule has 4 nitrogen and oxygen atoms in total. The van der Waals surface area contributed by atoms with Crippen LogP contribution in [0, 0.1) is 0 Å². The van der Waals surface area contributed by atoms with Gasteiger partial charge in [0.05, 0.1) is 17.1 Å². The highest BCUT2D eigenvalue weighted by Gasteiger charge is 2.26. The van der Waals surface area contributed by atoms with Gasteiger partial charge in [-0.2, -0.15) is 0 Å². The predicted octanol–water partition coefficient (Wildman–Crippen LogP) is 6.13. The first-order valence-electron chi connectivity index (χ1n) is 9.95. The highest BCUT2D eigenvalue weighted by atomic mass is 35.5. The van der Waals surface area contributed by atoms with E-state index >= 15 is 0 Å². The molecule has 0 spiro atoms. The zero-order valence-electron chi connectivity index (χ0n) is 17.4. The molecule has 0 radical (unpaired) electrons. The van der Waals surface area contributed by atoms with Crippen molar-refractivity contribution in [1.29, 1.82) is 0 Å². The molecule has 1 aromatic heterocycles. The summed E-state index contributed by atoms with van der Waals surface area (Å²) < 4.78 is 0. The molecular formula is C24H24Cl2N2O2S. The van der Waals surface area contributed by atoms with Gasteiger partial charge in [0.15, 0.2) is 0 Å². The number of carbonyl (C=O) groups is 2. The molecular weight excluding hydrogens is 451 g/mol. The molecule has 162 valence electrons. The quantitative estimate of drug-likeness (QED) is 0.393. The third kappa shape index (κ3) is 6.33. The van der Waals surface area contributed by atoms with Gasteiger partial charge in [-0.15, -0.1) is 11.3 Å². The lowest BCUT2D eigenvalue weighted by Crippen LogP contribution is -2.45. The van der Waals surface area contributed by atoms with E-state index in [2.05, 4.69) is 0 Å². The molecule has 0 aliphatic carbocycles. The number of thiophene rings is 1. The Kier molecular flexibility index (Phi) is 8.13. The number of benzene rings is 2. The van der Waals surface area contributed by atoms with Gasteiger partial charge in [-0.05, 0) is 49.1 Å². The average molecular weight is 475 g/mol. The Bertz CT molecular complexity index is 1020. The standard InChI is InChI=1S/C24H24Cl2N2O2S/c1-17(2)28(24(30)21-11-10-19(25)13-22(21)26)16-23(29)27(15-20-9-6-12-31-20)14-18-7-4-3-5-8-18/h3-13,17H,14-16H2,1-2H3. The summed E-state index contributed by atoms with van der Waals surface area (Å²) >= 11 is 13.8. The number of carbonyl (C=O) groups excluding carboxylic acids is 2. The minimum Gasteiger partial charge on any atom is -0.332 e. The second-order valence-electron chi connectivity index (χ2n) is 7.47. The minimum atomic E-state index is -0.291. The molecule has 3 rings (SSSR count). The summed E-state index contributed by atoms with van der Waals surface area (Å²) in [6, 6.07) is 18.4. The molecule has 0 aliphatic heterocycles. The van der Waals surface area contributed by atoms with Crippen LogP contribution in [-0.4, -0.2) is 34.2 Å². The molecule has 2 amide bonds. The molecule has 0 saturated heterocycles. The maximum atomic E-state index is 13.3. The number of nitrogens with zero attached hydrogens (tertiary/aromatic N) is 2. The fourth-order valence-corrected chi connectivity index (χ4v) is 4.39. The fraction of sp³-hybridized carbons (Fsp3) is 0.250. The summed E-state index contributed by atoms with van der Waals surface area (Å²) in [5.74, 6) is -0.412. The van der Waals surface area contributed by atoms with Crippen molar-refractivity contribution in [2.75, 3.05) is 6.54 Å². The Balaban J connectivity index is 1.81. The van der Waals surface area contributed by atoms with Gasteiger partial charge in [-0.3, -0.25) is 9.59 Å². The van der Waals surface area contributed by atoms with E-state index in [1.165, 1.54) is 6.07 Å². The lowest BCUT2D eigenvalue weighted by atomic mass is 10.1. The maximum Gasteiger partial charge on any atom is 0.256 e. The molecule has 7 heteroatoms. The van der Waals surface area contributed by atoms with Gasteiger partial charge in [0.1, 0.15) is 6.54 Å². The van der Waals surface area contributed by atoms with Crippen molar-refractivity contribution in [3.8, 4) is 0 Å². The van der Waals surface area contributed by atoms with Crippen LogP contribution in [0.25, 0.3) is 0 Å². The van der Waals surface area contributed by atoms with Crippen LogP contribution in [0.4, 0.5) is 0 Å². The lowest BCUT2D eigenvalue weighted by Gasteiger charge is -2.30. The number of rotatable bonds is 8. The van der Waals surface area contributed by atoms with Gasteiger partial charge in [-0.25, -0.2) is 0 Å². The first kappa shape index (κ1) is 23.3. The summed E-state index contributed by atoms with van der Waals surface area (Å²) in [6.07, 6.45) is 0. The lowest BCUT2D eigenvalue weighted by molar-refractivity contribution is -0.133. The first-order valence-corrected chi connectivity index (χ1v) is 11.6. The SMILES string of the molecule is CC(C)N(CC(=O)N(Cc1ccccc1)Cc1cccs1)C(=O)c1ccc(Cl)cc1Cl. The van der Waals surface area contributed by atoms with Gasteiger partial charge in [0, 0.05) is 22.5 Å². The van der Waals surface area contributed by atoms with Crippen LogP contribution >= 0.6 is 34.5 Å². The van der Waals surface area contributed by atoms with Gasteiger partial charge in [-0.1, -0.05) is 59.6 Å². The smallest absolute Gasteiger partial charge is 0.256 e. The van der Waals surface area contributed by atoms with Crippen LogP contribution in [0.3, 0.4) is 0 Å². The molecule has 0 bridgehead atoms. The van der Waals surface area contributed by atoms with Crippen molar-refractivity contribution in [3.05, 3.63) is 92.1 Å². The summed E-state index contributed by atoms with van der Waals surface area (Å²) in [5, 5.41) is 2.72. The molecule has 31 heavy (non-hydrogen) atoms. The van der Waals surface area contributed by atoms with E-state index in [-0.39, 0.29) is 29.4 Å². The average Bonchev–Trinajstić information content (AvgIpc) is 3.24.